The van der Waals surface area contributed by atoms with Crippen LogP contribution in [0.2, 0.25) is 5.02 Å². The van der Waals surface area contributed by atoms with Gasteiger partial charge >= 0.3 is 0 Å². The van der Waals surface area contributed by atoms with Crippen LogP contribution < -0.4 is 5.32 Å². The molecule has 0 heterocycles. The highest BCUT2D eigenvalue weighted by molar-refractivity contribution is 6.33. The third-order valence-electron chi connectivity index (χ3n) is 1.80. The average Bonchev–Trinajstić information content (AvgIpc) is 2.32. The lowest BCUT2D eigenvalue weighted by atomic mass is 10.2. The summed E-state index contributed by atoms with van der Waals surface area (Å²) in [6.07, 6.45) is 0. The smallest absolute Gasteiger partial charge is 0.163 e. The number of phenols is 1. The number of hydrogen-bond donors (Lipinski definition) is 2. The highest BCUT2D eigenvalue weighted by Crippen LogP contribution is 2.27. The lowest BCUT2D eigenvalue weighted by molar-refractivity contribution is 0.475. The number of benzene rings is 1. The maximum absolute atomic E-state index is 9.14. The van der Waals surface area contributed by atoms with Gasteiger partial charge in [-0.1, -0.05) is 11.6 Å². The van der Waals surface area contributed by atoms with Crippen LogP contribution in [-0.4, -0.2) is 5.11 Å². The van der Waals surface area contributed by atoms with Crippen molar-refractivity contribution in [3.8, 4) is 24.0 Å². The first-order chi connectivity index (χ1) is 8.12. The van der Waals surface area contributed by atoms with Gasteiger partial charge in [-0.2, -0.15) is 15.8 Å². The third-order valence-corrected chi connectivity index (χ3v) is 2.11. The summed E-state index contributed by atoms with van der Waals surface area (Å²) in [7, 11) is 0. The number of nitriles is 3. The topological polar surface area (TPSA) is 104 Å². The molecule has 0 radical (unpaired) electrons. The molecule has 0 aliphatic heterocycles. The molecule has 0 spiro atoms. The van der Waals surface area contributed by atoms with Crippen LogP contribution in [0, 0.1) is 34.0 Å². The molecule has 1 aromatic rings. The van der Waals surface area contributed by atoms with Crippen molar-refractivity contribution in [3.05, 3.63) is 34.5 Å². The minimum Gasteiger partial charge on any atom is -0.508 e. The summed E-state index contributed by atoms with van der Waals surface area (Å²) in [6.45, 7) is 0. The van der Waals surface area contributed by atoms with Gasteiger partial charge in [0.05, 0.1) is 10.7 Å². The molecule has 2 N–H and O–H groups in total. The first kappa shape index (κ1) is 12.4. The Kier molecular flexibility index (Phi) is 3.95. The number of halogens is 1. The minimum atomic E-state index is -0.336. The molecule has 0 saturated heterocycles. The van der Waals surface area contributed by atoms with Crippen molar-refractivity contribution < 1.29 is 5.11 Å². The van der Waals surface area contributed by atoms with Gasteiger partial charge in [0.1, 0.15) is 29.7 Å². The van der Waals surface area contributed by atoms with Gasteiger partial charge < -0.3 is 10.4 Å². The van der Waals surface area contributed by atoms with Gasteiger partial charge in [0.2, 0.25) is 0 Å². The van der Waals surface area contributed by atoms with Crippen molar-refractivity contribution >= 4 is 17.3 Å². The van der Waals surface area contributed by atoms with E-state index in [1.165, 1.54) is 18.2 Å². The fraction of sp³-hybridized carbons (Fsp3) is 0. The van der Waals surface area contributed by atoms with Crippen LogP contribution in [-0.2, 0) is 0 Å². The summed E-state index contributed by atoms with van der Waals surface area (Å²) in [5, 5.41) is 37.9. The maximum Gasteiger partial charge on any atom is 0.163 e. The van der Waals surface area contributed by atoms with Gasteiger partial charge in [-0.3, -0.25) is 0 Å². The fourth-order valence-corrected chi connectivity index (χ4v) is 1.25. The van der Waals surface area contributed by atoms with Crippen LogP contribution in [0.4, 0.5) is 5.69 Å². The Morgan fingerprint density at radius 3 is 2.29 bits per heavy atom. The molecule has 0 aromatic heterocycles. The molecule has 17 heavy (non-hydrogen) atoms. The van der Waals surface area contributed by atoms with E-state index in [1.54, 1.807) is 18.2 Å². The number of phenolic OH excluding ortho intramolecular Hbond substituents is 1. The Bertz CT molecular complexity index is 585. The van der Waals surface area contributed by atoms with Gasteiger partial charge in [-0.05, 0) is 12.1 Å². The summed E-state index contributed by atoms with van der Waals surface area (Å²) >= 11 is 5.80. The van der Waals surface area contributed by atoms with Gasteiger partial charge in [0.15, 0.2) is 5.57 Å². The van der Waals surface area contributed by atoms with E-state index in [1.807, 2.05) is 0 Å². The molecule has 0 unspecified atom stereocenters. The summed E-state index contributed by atoms with van der Waals surface area (Å²) in [4.78, 5) is 0. The molecule has 0 aliphatic carbocycles. The molecule has 0 saturated carbocycles. The van der Waals surface area contributed by atoms with E-state index in [-0.39, 0.29) is 22.0 Å². The van der Waals surface area contributed by atoms with E-state index < -0.39 is 0 Å². The van der Waals surface area contributed by atoms with Gasteiger partial charge in [-0.15, -0.1) is 0 Å². The number of nitrogens with one attached hydrogen (secondary N) is 1. The Labute approximate surface area is 102 Å². The highest BCUT2D eigenvalue weighted by atomic mass is 35.5. The largest absolute Gasteiger partial charge is 0.508 e. The Balaban J connectivity index is 3.16. The summed E-state index contributed by atoms with van der Waals surface area (Å²) in [5.41, 5.74) is -0.205. The minimum absolute atomic E-state index is 0.0242. The second kappa shape index (κ2) is 5.42. The first-order valence-electron chi connectivity index (χ1n) is 4.32. The monoisotopic (exact) mass is 244 g/mol. The summed E-state index contributed by atoms with van der Waals surface area (Å²) in [5.74, 6) is -0.0242. The molecule has 0 aliphatic rings. The van der Waals surface area contributed by atoms with Gasteiger partial charge in [0, 0.05) is 6.07 Å². The molecular weight excluding hydrogens is 240 g/mol. The van der Waals surface area contributed by atoms with Crippen LogP contribution in [0.25, 0.3) is 0 Å². The zero-order chi connectivity index (χ0) is 12.8. The number of hydrogen-bond acceptors (Lipinski definition) is 5. The standard InChI is InChI=1S/C11H5ClN4O/c12-9-3-8(17)1-2-10(9)16-11(6-15)7(4-13)5-14/h1-3,16-17H. The van der Waals surface area contributed by atoms with Crippen LogP contribution in [0.5, 0.6) is 5.75 Å². The number of anilines is 1. The maximum atomic E-state index is 9.14. The van der Waals surface area contributed by atoms with Crippen LogP contribution in [0.1, 0.15) is 0 Å². The predicted molar refractivity (Wildman–Crippen MR) is 60.6 cm³/mol. The normalized spacial score (nSPS) is 8.35. The quantitative estimate of drug-likeness (QED) is 0.613. The number of nitrogens with zero attached hydrogens (tertiary/aromatic N) is 3. The number of aromatic hydroxyl groups is 1. The lowest BCUT2D eigenvalue weighted by Crippen LogP contribution is -2.00. The van der Waals surface area contributed by atoms with E-state index in [0.717, 1.165) is 0 Å². The van der Waals surface area contributed by atoms with E-state index >= 15 is 0 Å². The van der Waals surface area contributed by atoms with E-state index in [9.17, 15) is 0 Å². The van der Waals surface area contributed by atoms with E-state index in [2.05, 4.69) is 5.32 Å². The second-order valence-electron chi connectivity index (χ2n) is 2.87. The fourth-order valence-electron chi connectivity index (χ4n) is 1.02. The predicted octanol–water partition coefficient (Wildman–Crippen LogP) is 2.28. The van der Waals surface area contributed by atoms with Crippen molar-refractivity contribution in [1.29, 1.82) is 15.8 Å². The van der Waals surface area contributed by atoms with Crippen LogP contribution in [0.3, 0.4) is 0 Å². The number of allylic oxidation sites excluding steroid dienone is 2. The van der Waals surface area contributed by atoms with Crippen LogP contribution in [0.15, 0.2) is 29.5 Å². The zero-order valence-electron chi connectivity index (χ0n) is 8.40. The summed E-state index contributed by atoms with van der Waals surface area (Å²) in [6, 6.07) is 8.96. The Morgan fingerprint density at radius 1 is 1.18 bits per heavy atom. The highest BCUT2D eigenvalue weighted by Gasteiger charge is 2.08. The molecule has 0 amide bonds. The SMILES string of the molecule is N#CC(C#N)=C(C#N)Nc1ccc(O)cc1Cl. The lowest BCUT2D eigenvalue weighted by Gasteiger charge is -2.06. The molecule has 1 rings (SSSR count). The van der Waals surface area contributed by atoms with Gasteiger partial charge in [-0.25, -0.2) is 0 Å². The first-order valence-corrected chi connectivity index (χ1v) is 4.70. The van der Waals surface area contributed by atoms with Crippen molar-refractivity contribution in [3.63, 3.8) is 0 Å². The molecule has 0 bridgehead atoms. The second-order valence-corrected chi connectivity index (χ2v) is 3.28. The van der Waals surface area contributed by atoms with E-state index in [0.29, 0.717) is 5.69 Å². The van der Waals surface area contributed by atoms with Crippen molar-refractivity contribution in [2.45, 2.75) is 0 Å². The molecule has 0 fully saturated rings. The molecule has 0 atom stereocenters. The molecule has 82 valence electrons. The zero-order valence-corrected chi connectivity index (χ0v) is 9.15. The average molecular weight is 245 g/mol. The molecule has 1 aromatic carbocycles. The molecular formula is C11H5ClN4O. The van der Waals surface area contributed by atoms with Gasteiger partial charge in [0.25, 0.3) is 0 Å². The van der Waals surface area contributed by atoms with E-state index in [4.69, 9.17) is 32.5 Å². The Hall–Kier alpha value is -2.68. The summed E-state index contributed by atoms with van der Waals surface area (Å²) < 4.78 is 0. The Morgan fingerprint density at radius 2 is 1.82 bits per heavy atom. The van der Waals surface area contributed by atoms with Crippen molar-refractivity contribution in [1.82, 2.24) is 0 Å². The van der Waals surface area contributed by atoms with Crippen LogP contribution >= 0.6 is 11.6 Å². The molecule has 6 heteroatoms. The van der Waals surface area contributed by atoms with Crippen molar-refractivity contribution in [2.24, 2.45) is 0 Å². The van der Waals surface area contributed by atoms with Crippen molar-refractivity contribution in [2.75, 3.05) is 5.32 Å². The molecule has 5 nitrogen and oxygen atoms in total. The third kappa shape index (κ3) is 2.89. The number of rotatable bonds is 2.